The number of rotatable bonds is 7. The fourth-order valence-electron chi connectivity index (χ4n) is 6.40. The normalized spacial score (nSPS) is 23.3. The second-order valence-corrected chi connectivity index (χ2v) is 11.3. The Morgan fingerprint density at radius 2 is 1.97 bits per heavy atom. The molecule has 1 amide bonds. The number of carbonyl (C=O) groups excluding carboxylic acids is 1. The monoisotopic (exact) mass is 537 g/mol. The number of unbranched alkanes of at least 4 members (excludes halogenated alkanes) is 1. The van der Waals surface area contributed by atoms with Gasteiger partial charge < -0.3 is 19.2 Å². The molecule has 1 saturated carbocycles. The molecule has 5 rings (SSSR count). The summed E-state index contributed by atoms with van der Waals surface area (Å²) in [5.74, 6) is 0.391. The van der Waals surface area contributed by atoms with E-state index in [4.69, 9.17) is 20.8 Å². The average molecular weight is 538 g/mol. The van der Waals surface area contributed by atoms with Crippen molar-refractivity contribution in [1.82, 2.24) is 4.90 Å². The van der Waals surface area contributed by atoms with Crippen LogP contribution in [-0.4, -0.2) is 34.7 Å². The van der Waals surface area contributed by atoms with Gasteiger partial charge in [0.05, 0.1) is 17.0 Å². The Labute approximate surface area is 228 Å². The van der Waals surface area contributed by atoms with Crippen molar-refractivity contribution in [2.75, 3.05) is 13.2 Å². The van der Waals surface area contributed by atoms with Crippen molar-refractivity contribution in [3.05, 3.63) is 74.6 Å². The van der Waals surface area contributed by atoms with Crippen molar-refractivity contribution in [3.63, 3.8) is 0 Å². The third-order valence-corrected chi connectivity index (χ3v) is 8.54. The summed E-state index contributed by atoms with van der Waals surface area (Å²) in [7, 11) is 0. The third kappa shape index (κ3) is 5.34. The molecule has 202 valence electrons. The highest BCUT2D eigenvalue weighted by atomic mass is 35.5. The molecule has 0 radical (unpaired) electrons. The second kappa shape index (κ2) is 11.1. The molecule has 38 heavy (non-hydrogen) atoms. The van der Waals surface area contributed by atoms with E-state index in [1.165, 1.54) is 6.07 Å². The van der Waals surface area contributed by atoms with Crippen molar-refractivity contribution in [2.24, 2.45) is 5.92 Å². The molecule has 3 atom stereocenters. The van der Waals surface area contributed by atoms with Crippen LogP contribution in [0, 0.1) is 12.8 Å². The molecule has 1 aromatic heterocycles. The number of fused-ring (bicyclic) bond motifs is 2. The molecule has 1 aliphatic carbocycles. The van der Waals surface area contributed by atoms with Crippen LogP contribution < -0.4 is 10.4 Å². The number of halogens is 1. The van der Waals surface area contributed by atoms with Gasteiger partial charge in [0.2, 0.25) is 0 Å². The zero-order valence-electron chi connectivity index (χ0n) is 22.2. The van der Waals surface area contributed by atoms with Crippen molar-refractivity contribution in [2.45, 2.75) is 76.9 Å². The summed E-state index contributed by atoms with van der Waals surface area (Å²) in [4.78, 5) is 27.8. The van der Waals surface area contributed by atoms with Gasteiger partial charge in [-0.1, -0.05) is 49.9 Å². The highest BCUT2D eigenvalue weighted by Crippen LogP contribution is 2.49. The van der Waals surface area contributed by atoms with Gasteiger partial charge in [0, 0.05) is 23.6 Å². The van der Waals surface area contributed by atoms with Crippen molar-refractivity contribution in [3.8, 4) is 5.75 Å². The van der Waals surface area contributed by atoms with E-state index in [1.807, 2.05) is 48.2 Å². The number of hydrogen-bond donors (Lipinski definition) is 1. The molecule has 7 heteroatoms. The molecule has 1 N–H and O–H groups in total. The molecule has 0 bridgehead atoms. The fourth-order valence-corrected chi connectivity index (χ4v) is 6.53. The number of hydrogen-bond acceptors (Lipinski definition) is 5. The Kier molecular flexibility index (Phi) is 7.83. The molecule has 0 spiro atoms. The molecular formula is C31H36ClNO5. The maximum absolute atomic E-state index is 13.8. The Hall–Kier alpha value is -2.83. The number of piperidine rings is 1. The van der Waals surface area contributed by atoms with Crippen LogP contribution in [0.1, 0.15) is 74.6 Å². The van der Waals surface area contributed by atoms with E-state index in [-0.39, 0.29) is 30.1 Å². The molecule has 3 aromatic rings. The van der Waals surface area contributed by atoms with Gasteiger partial charge in [0.1, 0.15) is 11.3 Å². The zero-order valence-corrected chi connectivity index (χ0v) is 22.9. The van der Waals surface area contributed by atoms with E-state index < -0.39 is 5.60 Å². The summed E-state index contributed by atoms with van der Waals surface area (Å²) in [5.41, 5.74) is 2.09. The number of likely N-dealkylation sites (tertiary alicyclic amines) is 1. The minimum atomic E-state index is -0.765. The maximum Gasteiger partial charge on any atom is 0.336 e. The SMILES string of the molecule is CCCCc1cc(=O)oc2cc(C)cc(OCC(=O)N3CCC4(O)CCCCC4[C@@H]3c3ccc(Cl)cc3)c12. The van der Waals surface area contributed by atoms with E-state index in [2.05, 4.69) is 6.92 Å². The zero-order chi connectivity index (χ0) is 26.9. The van der Waals surface area contributed by atoms with E-state index in [0.717, 1.165) is 67.0 Å². The van der Waals surface area contributed by atoms with Crippen LogP contribution in [0.2, 0.25) is 5.02 Å². The van der Waals surface area contributed by atoms with Crippen molar-refractivity contribution < 1.29 is 19.1 Å². The van der Waals surface area contributed by atoms with E-state index >= 15 is 0 Å². The summed E-state index contributed by atoms with van der Waals surface area (Å²) in [6.45, 7) is 4.35. The van der Waals surface area contributed by atoms with Crippen LogP contribution in [0.25, 0.3) is 11.0 Å². The lowest BCUT2D eigenvalue weighted by atomic mass is 9.66. The molecule has 2 fully saturated rings. The van der Waals surface area contributed by atoms with E-state index in [0.29, 0.717) is 29.3 Å². The number of aryl methyl sites for hydroxylation is 2. The first-order chi connectivity index (χ1) is 18.3. The minimum absolute atomic E-state index is 0.0372. The van der Waals surface area contributed by atoms with Gasteiger partial charge in [0.25, 0.3) is 5.91 Å². The quantitative estimate of drug-likeness (QED) is 0.354. The van der Waals surface area contributed by atoms with Crippen LogP contribution in [0.3, 0.4) is 0 Å². The topological polar surface area (TPSA) is 80.0 Å². The summed E-state index contributed by atoms with van der Waals surface area (Å²) in [5, 5.41) is 12.9. The molecule has 1 saturated heterocycles. The standard InChI is InChI=1S/C31H36ClNO5/c1-3-4-7-22-18-28(35)38-26-17-20(2)16-25(29(22)26)37-19-27(34)33-15-14-31(36)13-6-5-8-24(31)30(33)21-9-11-23(32)12-10-21/h9-12,16-18,24,30,36H,3-8,13-15,19H2,1-2H3/t24?,30-,31?/m0/s1. The van der Waals surface area contributed by atoms with E-state index in [9.17, 15) is 14.7 Å². The van der Waals surface area contributed by atoms with Crippen molar-refractivity contribution >= 4 is 28.5 Å². The van der Waals surface area contributed by atoms with E-state index in [1.54, 1.807) is 0 Å². The van der Waals surface area contributed by atoms with Gasteiger partial charge in [0.15, 0.2) is 6.61 Å². The number of benzene rings is 2. The number of carbonyl (C=O) groups is 1. The Balaban J connectivity index is 1.44. The molecule has 1 aliphatic heterocycles. The molecule has 2 aliphatic rings. The first-order valence-corrected chi connectivity index (χ1v) is 14.1. The summed E-state index contributed by atoms with van der Waals surface area (Å²) < 4.78 is 11.7. The highest BCUT2D eigenvalue weighted by molar-refractivity contribution is 6.30. The molecule has 2 unspecified atom stereocenters. The van der Waals surface area contributed by atoms with Crippen molar-refractivity contribution in [1.29, 1.82) is 0 Å². The first kappa shape index (κ1) is 26.8. The maximum atomic E-state index is 13.8. The Morgan fingerprint density at radius 1 is 1.18 bits per heavy atom. The van der Waals surface area contributed by atoms with Crippen LogP contribution in [-0.2, 0) is 11.2 Å². The summed E-state index contributed by atoms with van der Waals surface area (Å²) in [6.07, 6.45) is 6.91. The number of nitrogens with zero attached hydrogens (tertiary/aromatic N) is 1. The van der Waals surface area contributed by atoms with Gasteiger partial charge in [-0.3, -0.25) is 4.79 Å². The van der Waals surface area contributed by atoms with Gasteiger partial charge in [-0.15, -0.1) is 0 Å². The smallest absolute Gasteiger partial charge is 0.336 e. The van der Waals surface area contributed by atoms with Crippen LogP contribution >= 0.6 is 11.6 Å². The second-order valence-electron chi connectivity index (χ2n) is 10.9. The first-order valence-electron chi connectivity index (χ1n) is 13.8. The predicted octanol–water partition coefficient (Wildman–Crippen LogP) is 6.37. The summed E-state index contributed by atoms with van der Waals surface area (Å²) in [6, 6.07) is 12.6. The Bertz CT molecular complexity index is 1370. The van der Waals surface area contributed by atoms with Crippen LogP contribution in [0.4, 0.5) is 0 Å². The molecule has 6 nitrogen and oxygen atoms in total. The van der Waals surface area contributed by atoms with Crippen LogP contribution in [0.15, 0.2) is 51.7 Å². The lowest BCUT2D eigenvalue weighted by molar-refractivity contribution is -0.157. The number of ether oxygens (including phenoxy) is 1. The molecule has 2 aromatic carbocycles. The van der Waals surface area contributed by atoms with Crippen LogP contribution in [0.5, 0.6) is 5.75 Å². The Morgan fingerprint density at radius 3 is 2.74 bits per heavy atom. The average Bonchev–Trinajstić information content (AvgIpc) is 2.89. The minimum Gasteiger partial charge on any atom is -0.483 e. The van der Waals surface area contributed by atoms with Gasteiger partial charge in [-0.05, 0) is 80.0 Å². The molecule has 2 heterocycles. The largest absolute Gasteiger partial charge is 0.483 e. The lowest BCUT2D eigenvalue weighted by Crippen LogP contribution is -2.56. The molecular weight excluding hydrogens is 502 g/mol. The van der Waals surface area contributed by atoms with Gasteiger partial charge >= 0.3 is 5.63 Å². The van der Waals surface area contributed by atoms with Gasteiger partial charge in [-0.2, -0.15) is 0 Å². The highest BCUT2D eigenvalue weighted by Gasteiger charge is 2.50. The predicted molar refractivity (Wildman–Crippen MR) is 149 cm³/mol. The third-order valence-electron chi connectivity index (χ3n) is 8.28. The number of aliphatic hydroxyl groups is 1. The fraction of sp³-hybridized carbons (Fsp3) is 0.484. The van der Waals surface area contributed by atoms with Gasteiger partial charge in [-0.25, -0.2) is 4.79 Å². The number of amides is 1. The summed E-state index contributed by atoms with van der Waals surface area (Å²) >= 11 is 6.17. The lowest BCUT2D eigenvalue weighted by Gasteiger charge is -2.52.